The van der Waals surface area contributed by atoms with Crippen LogP contribution in [0.15, 0.2) is 30.6 Å². The number of nitrogens with zero attached hydrogens (tertiary/aromatic N) is 4. The zero-order valence-corrected chi connectivity index (χ0v) is 22.5. The second kappa shape index (κ2) is 9.69. The van der Waals surface area contributed by atoms with Crippen molar-refractivity contribution in [3.05, 3.63) is 47.8 Å². The second-order valence-electron chi connectivity index (χ2n) is 11.3. The smallest absolute Gasteiger partial charge is 0.238 e. The Kier molecular flexibility index (Phi) is 6.96. The molecule has 1 aliphatic heterocycles. The van der Waals surface area contributed by atoms with Crippen LogP contribution in [0.5, 0.6) is 5.88 Å². The van der Waals surface area contributed by atoms with E-state index in [1.807, 2.05) is 33.8 Å². The van der Waals surface area contributed by atoms with Crippen molar-refractivity contribution in [1.29, 1.82) is 0 Å². The topological polar surface area (TPSA) is 88.9 Å². The van der Waals surface area contributed by atoms with Gasteiger partial charge in [-0.15, -0.1) is 0 Å². The van der Waals surface area contributed by atoms with Gasteiger partial charge in [0.1, 0.15) is 5.69 Å². The first kappa shape index (κ1) is 25.9. The van der Waals surface area contributed by atoms with Gasteiger partial charge in [0.05, 0.1) is 24.2 Å². The molecule has 4 heterocycles. The molecule has 3 N–H and O–H groups in total. The quantitative estimate of drug-likeness (QED) is 0.389. The normalized spacial score (nSPS) is 17.3. The average Bonchev–Trinajstić information content (AvgIpc) is 3.07. The third-order valence-corrected chi connectivity index (χ3v) is 6.22. The Labute approximate surface area is 213 Å². The van der Waals surface area contributed by atoms with Crippen LogP contribution in [-0.2, 0) is 0 Å². The highest BCUT2D eigenvalue weighted by molar-refractivity contribution is 5.61. The second-order valence-corrected chi connectivity index (χ2v) is 11.3. The molecule has 0 saturated carbocycles. The van der Waals surface area contributed by atoms with Gasteiger partial charge in [0, 0.05) is 28.5 Å². The fourth-order valence-corrected chi connectivity index (χ4v) is 5.31. The van der Waals surface area contributed by atoms with Gasteiger partial charge in [0.15, 0.2) is 11.6 Å². The van der Waals surface area contributed by atoms with E-state index in [-0.39, 0.29) is 35.0 Å². The molecular weight excluding hydrogens is 457 g/mol. The molecule has 0 radical (unpaired) electrons. The molecule has 9 heteroatoms. The molecule has 1 saturated heterocycles. The first-order valence-corrected chi connectivity index (χ1v) is 12.5. The predicted octanol–water partition coefficient (Wildman–Crippen LogP) is 5.67. The van der Waals surface area contributed by atoms with E-state index in [4.69, 9.17) is 4.74 Å². The number of piperidine rings is 1. The van der Waals surface area contributed by atoms with Crippen LogP contribution in [0.1, 0.15) is 65.8 Å². The number of anilines is 3. The number of ether oxygens (including phenoxy) is 1. The Hall–Kier alpha value is -3.20. The molecule has 1 aliphatic rings. The summed E-state index contributed by atoms with van der Waals surface area (Å²) in [6.45, 7) is 16.7. The van der Waals surface area contributed by atoms with Gasteiger partial charge in [-0.1, -0.05) is 0 Å². The van der Waals surface area contributed by atoms with Crippen molar-refractivity contribution in [2.75, 3.05) is 10.6 Å². The zero-order valence-electron chi connectivity index (χ0n) is 22.5. The number of aryl methyl sites for hydroxylation is 2. The number of rotatable bonds is 7. The van der Waals surface area contributed by atoms with Gasteiger partial charge in [-0.3, -0.25) is 0 Å². The molecule has 3 aromatic heterocycles. The highest BCUT2D eigenvalue weighted by Crippen LogP contribution is 2.32. The Bertz CT molecular complexity index is 1200. The van der Waals surface area contributed by atoms with Crippen molar-refractivity contribution in [3.8, 4) is 11.6 Å². The molecule has 0 spiro atoms. The summed E-state index contributed by atoms with van der Waals surface area (Å²) in [7, 11) is 0. The van der Waals surface area contributed by atoms with Gasteiger partial charge in [0.2, 0.25) is 11.8 Å². The predicted molar refractivity (Wildman–Crippen MR) is 142 cm³/mol. The van der Waals surface area contributed by atoms with Crippen LogP contribution in [0, 0.1) is 19.7 Å². The standard InChI is InChI=1S/C27H38FN7O/c1-16(2)36-24-22(35-17(3)9-10-18(35)4)11-19(14-29-24)32-25-30-15-21(28)23(33-25)31-20-12-26(5,6)34-27(7,8)13-20/h9-11,14-16,20,34H,12-13H2,1-8H3,(H2,30,31,32,33). The molecule has 0 bridgehead atoms. The molecule has 3 aromatic rings. The van der Waals surface area contributed by atoms with Crippen molar-refractivity contribution in [3.63, 3.8) is 0 Å². The number of nitrogens with one attached hydrogen (secondary N) is 3. The summed E-state index contributed by atoms with van der Waals surface area (Å²) in [5, 5.41) is 10.2. The first-order chi connectivity index (χ1) is 16.8. The van der Waals surface area contributed by atoms with Crippen LogP contribution in [0.2, 0.25) is 0 Å². The molecule has 0 aromatic carbocycles. The minimum atomic E-state index is -0.479. The van der Waals surface area contributed by atoms with Crippen molar-refractivity contribution < 1.29 is 9.13 Å². The number of halogens is 1. The van der Waals surface area contributed by atoms with E-state index in [1.165, 1.54) is 6.20 Å². The molecule has 194 valence electrons. The molecule has 8 nitrogen and oxygen atoms in total. The summed E-state index contributed by atoms with van der Waals surface area (Å²) >= 11 is 0. The van der Waals surface area contributed by atoms with E-state index >= 15 is 0 Å². The van der Waals surface area contributed by atoms with Crippen LogP contribution in [0.3, 0.4) is 0 Å². The molecule has 0 atom stereocenters. The molecular formula is C27H38FN7O. The van der Waals surface area contributed by atoms with E-state index < -0.39 is 5.82 Å². The largest absolute Gasteiger partial charge is 0.473 e. The van der Waals surface area contributed by atoms with E-state index in [0.717, 1.165) is 29.9 Å². The van der Waals surface area contributed by atoms with Crippen molar-refractivity contribution in [2.24, 2.45) is 0 Å². The summed E-state index contributed by atoms with van der Waals surface area (Å²) in [4.78, 5) is 13.2. The third-order valence-electron chi connectivity index (χ3n) is 6.22. The lowest BCUT2D eigenvalue weighted by atomic mass is 9.79. The maximum absolute atomic E-state index is 14.7. The fraction of sp³-hybridized carbons (Fsp3) is 0.519. The van der Waals surface area contributed by atoms with Crippen LogP contribution in [0.25, 0.3) is 5.69 Å². The summed E-state index contributed by atoms with van der Waals surface area (Å²) in [6.07, 6.45) is 4.55. The van der Waals surface area contributed by atoms with Gasteiger partial charge < -0.3 is 25.3 Å². The lowest BCUT2D eigenvalue weighted by Crippen LogP contribution is -2.60. The van der Waals surface area contributed by atoms with E-state index in [9.17, 15) is 4.39 Å². The Balaban J connectivity index is 1.61. The molecule has 36 heavy (non-hydrogen) atoms. The molecule has 4 rings (SSSR count). The average molecular weight is 496 g/mol. The van der Waals surface area contributed by atoms with Crippen LogP contribution < -0.4 is 20.7 Å². The van der Waals surface area contributed by atoms with Crippen molar-refractivity contribution in [1.82, 2.24) is 24.8 Å². The number of hydrogen-bond acceptors (Lipinski definition) is 7. The molecule has 0 unspecified atom stereocenters. The summed E-state index contributed by atoms with van der Waals surface area (Å²) in [5.74, 6) is 0.540. The monoisotopic (exact) mass is 495 g/mol. The number of hydrogen-bond donors (Lipinski definition) is 3. The lowest BCUT2D eigenvalue weighted by molar-refractivity contribution is 0.170. The van der Waals surface area contributed by atoms with E-state index in [0.29, 0.717) is 11.6 Å². The van der Waals surface area contributed by atoms with Gasteiger partial charge in [-0.05, 0) is 86.4 Å². The Morgan fingerprint density at radius 2 is 1.69 bits per heavy atom. The van der Waals surface area contributed by atoms with Crippen molar-refractivity contribution in [2.45, 2.75) is 91.5 Å². The van der Waals surface area contributed by atoms with Gasteiger partial charge >= 0.3 is 0 Å². The SMILES string of the molecule is Cc1ccc(C)n1-c1cc(Nc2ncc(F)c(NC3CC(C)(C)NC(C)(C)C3)n2)cnc1OC(C)C. The Morgan fingerprint density at radius 3 is 2.31 bits per heavy atom. The van der Waals surface area contributed by atoms with Gasteiger partial charge in [-0.2, -0.15) is 4.98 Å². The number of aromatic nitrogens is 4. The van der Waals surface area contributed by atoms with Crippen molar-refractivity contribution >= 4 is 17.5 Å². The minimum Gasteiger partial charge on any atom is -0.473 e. The molecule has 1 fully saturated rings. The fourth-order valence-electron chi connectivity index (χ4n) is 5.31. The first-order valence-electron chi connectivity index (χ1n) is 12.5. The lowest BCUT2D eigenvalue weighted by Gasteiger charge is -2.46. The van der Waals surface area contributed by atoms with Gasteiger partial charge in [0.25, 0.3) is 0 Å². The van der Waals surface area contributed by atoms with Gasteiger partial charge in [-0.25, -0.2) is 14.4 Å². The van der Waals surface area contributed by atoms with E-state index in [2.05, 4.69) is 75.3 Å². The van der Waals surface area contributed by atoms with Crippen LogP contribution >= 0.6 is 0 Å². The van der Waals surface area contributed by atoms with Crippen LogP contribution in [0.4, 0.5) is 21.8 Å². The summed E-state index contributed by atoms with van der Waals surface area (Å²) in [5.41, 5.74) is 3.49. The molecule has 0 amide bonds. The van der Waals surface area contributed by atoms with E-state index in [1.54, 1.807) is 6.20 Å². The maximum atomic E-state index is 14.7. The Morgan fingerprint density at radius 1 is 1.06 bits per heavy atom. The highest BCUT2D eigenvalue weighted by atomic mass is 19.1. The maximum Gasteiger partial charge on any atom is 0.238 e. The molecule has 0 aliphatic carbocycles. The summed E-state index contributed by atoms with van der Waals surface area (Å²) in [6, 6.07) is 6.13. The minimum absolute atomic E-state index is 0.0229. The van der Waals surface area contributed by atoms with Crippen LogP contribution in [-0.4, -0.2) is 42.7 Å². The highest BCUT2D eigenvalue weighted by Gasteiger charge is 2.38. The number of pyridine rings is 1. The zero-order chi connectivity index (χ0) is 26.3. The third kappa shape index (κ3) is 5.95. The summed E-state index contributed by atoms with van der Waals surface area (Å²) < 4.78 is 22.8.